The van der Waals surface area contributed by atoms with Gasteiger partial charge in [0.15, 0.2) is 0 Å². The number of aromatic nitrogens is 2. The van der Waals surface area contributed by atoms with E-state index < -0.39 is 5.97 Å². The van der Waals surface area contributed by atoms with Crippen LogP contribution in [0.4, 0.5) is 11.5 Å². The van der Waals surface area contributed by atoms with E-state index in [2.05, 4.69) is 25.5 Å². The first-order valence-corrected chi connectivity index (χ1v) is 9.01. The van der Waals surface area contributed by atoms with Gasteiger partial charge in [0.05, 0.1) is 25.9 Å². The quantitative estimate of drug-likeness (QED) is 0.682. The Kier molecular flexibility index (Phi) is 6.88. The number of amides is 1. The van der Waals surface area contributed by atoms with Gasteiger partial charge in [-0.15, -0.1) is 0 Å². The van der Waals surface area contributed by atoms with Gasteiger partial charge in [0.25, 0.3) is 5.91 Å². The summed E-state index contributed by atoms with van der Waals surface area (Å²) in [5, 5.41) is 5.93. The molecule has 9 heteroatoms. The molecule has 28 heavy (non-hydrogen) atoms. The van der Waals surface area contributed by atoms with Crippen LogP contribution in [0.15, 0.2) is 36.7 Å². The molecule has 9 nitrogen and oxygen atoms in total. The van der Waals surface area contributed by atoms with Crippen LogP contribution < -0.4 is 10.6 Å². The molecule has 1 aliphatic heterocycles. The number of esters is 1. The van der Waals surface area contributed by atoms with Crippen LogP contribution in [0.25, 0.3) is 0 Å². The third kappa shape index (κ3) is 5.48. The second-order valence-electron chi connectivity index (χ2n) is 6.20. The van der Waals surface area contributed by atoms with Gasteiger partial charge in [-0.2, -0.15) is 0 Å². The van der Waals surface area contributed by atoms with Gasteiger partial charge >= 0.3 is 5.97 Å². The summed E-state index contributed by atoms with van der Waals surface area (Å²) in [6.45, 7) is 4.51. The zero-order valence-corrected chi connectivity index (χ0v) is 15.7. The summed E-state index contributed by atoms with van der Waals surface area (Å²) in [7, 11) is 1.33. The fraction of sp³-hybridized carbons (Fsp3) is 0.368. The summed E-state index contributed by atoms with van der Waals surface area (Å²) in [5.41, 5.74) is 1.34. The molecule has 0 radical (unpaired) electrons. The number of ether oxygens (including phenoxy) is 2. The number of hydrogen-bond acceptors (Lipinski definition) is 8. The minimum Gasteiger partial charge on any atom is -0.465 e. The fourth-order valence-electron chi connectivity index (χ4n) is 2.78. The van der Waals surface area contributed by atoms with Gasteiger partial charge in [-0.3, -0.25) is 9.69 Å². The maximum Gasteiger partial charge on any atom is 0.337 e. The van der Waals surface area contributed by atoms with Gasteiger partial charge in [-0.25, -0.2) is 14.8 Å². The maximum absolute atomic E-state index is 12.3. The molecular weight excluding hydrogens is 362 g/mol. The summed E-state index contributed by atoms with van der Waals surface area (Å²) in [6, 6.07) is 8.39. The van der Waals surface area contributed by atoms with Crippen molar-refractivity contribution in [2.24, 2.45) is 0 Å². The van der Waals surface area contributed by atoms with E-state index in [1.807, 2.05) is 0 Å². The number of nitrogens with zero attached hydrogens (tertiary/aromatic N) is 3. The highest BCUT2D eigenvalue weighted by molar-refractivity contribution is 5.93. The van der Waals surface area contributed by atoms with E-state index >= 15 is 0 Å². The summed E-state index contributed by atoms with van der Waals surface area (Å²) in [4.78, 5) is 34.4. The lowest BCUT2D eigenvalue weighted by Gasteiger charge is -2.26. The number of nitrogens with one attached hydrogen (secondary N) is 2. The minimum absolute atomic E-state index is 0.262. The summed E-state index contributed by atoms with van der Waals surface area (Å²) in [5.74, 6) is -0.232. The molecule has 0 aliphatic carbocycles. The Bertz CT molecular complexity index is 823. The van der Waals surface area contributed by atoms with E-state index in [-0.39, 0.29) is 11.6 Å². The van der Waals surface area contributed by atoms with Gasteiger partial charge in [-0.1, -0.05) is 6.07 Å². The SMILES string of the molecule is COC(=O)c1cccc(Nc2cc(C(=O)NCCN3CCOCC3)ncn2)c1. The van der Waals surface area contributed by atoms with Crippen LogP contribution in [0.5, 0.6) is 0 Å². The lowest BCUT2D eigenvalue weighted by molar-refractivity contribution is 0.0383. The third-order valence-electron chi connectivity index (χ3n) is 4.27. The van der Waals surface area contributed by atoms with Crippen molar-refractivity contribution in [3.05, 3.63) is 47.9 Å². The molecule has 2 N–H and O–H groups in total. The highest BCUT2D eigenvalue weighted by atomic mass is 16.5. The Morgan fingerprint density at radius 1 is 1.21 bits per heavy atom. The fourth-order valence-corrected chi connectivity index (χ4v) is 2.78. The van der Waals surface area contributed by atoms with Crippen LogP contribution in [0, 0.1) is 0 Å². The van der Waals surface area contributed by atoms with Gasteiger partial charge in [0, 0.05) is 37.9 Å². The van der Waals surface area contributed by atoms with E-state index in [0.29, 0.717) is 23.6 Å². The van der Waals surface area contributed by atoms with Crippen molar-refractivity contribution in [1.82, 2.24) is 20.2 Å². The maximum atomic E-state index is 12.3. The van der Waals surface area contributed by atoms with E-state index in [4.69, 9.17) is 9.47 Å². The highest BCUT2D eigenvalue weighted by Gasteiger charge is 2.12. The van der Waals surface area contributed by atoms with Crippen LogP contribution >= 0.6 is 0 Å². The lowest BCUT2D eigenvalue weighted by Crippen LogP contribution is -2.41. The van der Waals surface area contributed by atoms with Gasteiger partial charge in [0.2, 0.25) is 0 Å². The number of carbonyl (C=O) groups excluding carboxylic acids is 2. The molecular formula is C19H23N5O4. The Labute approximate surface area is 163 Å². The molecule has 1 aliphatic rings. The van der Waals surface area contributed by atoms with Crippen molar-refractivity contribution in [1.29, 1.82) is 0 Å². The van der Waals surface area contributed by atoms with Crippen molar-refractivity contribution in [2.75, 3.05) is 51.8 Å². The molecule has 148 valence electrons. The van der Waals surface area contributed by atoms with Crippen LogP contribution in [-0.2, 0) is 9.47 Å². The normalized spacial score (nSPS) is 14.3. The topological polar surface area (TPSA) is 106 Å². The Morgan fingerprint density at radius 2 is 2.04 bits per heavy atom. The number of rotatable bonds is 7. The first-order chi connectivity index (χ1) is 13.7. The number of hydrogen-bond donors (Lipinski definition) is 2. The predicted octanol–water partition coefficient (Wildman–Crippen LogP) is 1.07. The van der Waals surface area contributed by atoms with Crippen molar-refractivity contribution in [3.8, 4) is 0 Å². The molecule has 1 fully saturated rings. The number of anilines is 2. The molecule has 3 rings (SSSR count). The monoisotopic (exact) mass is 385 g/mol. The van der Waals surface area contributed by atoms with Gasteiger partial charge < -0.3 is 20.1 Å². The van der Waals surface area contributed by atoms with Crippen molar-refractivity contribution < 1.29 is 19.1 Å². The average molecular weight is 385 g/mol. The number of morpholine rings is 1. The van der Waals surface area contributed by atoms with Crippen LogP contribution in [-0.4, -0.2) is 73.2 Å². The van der Waals surface area contributed by atoms with E-state index in [0.717, 1.165) is 32.8 Å². The number of benzene rings is 1. The molecule has 1 aromatic carbocycles. The zero-order chi connectivity index (χ0) is 19.8. The van der Waals surface area contributed by atoms with Crippen molar-refractivity contribution in [2.45, 2.75) is 0 Å². The second kappa shape index (κ2) is 9.77. The molecule has 2 aromatic rings. The number of methoxy groups -OCH3 is 1. The molecule has 0 unspecified atom stereocenters. The largest absolute Gasteiger partial charge is 0.465 e. The lowest BCUT2D eigenvalue weighted by atomic mass is 10.2. The summed E-state index contributed by atoms with van der Waals surface area (Å²) < 4.78 is 10.0. The molecule has 0 saturated carbocycles. The van der Waals surface area contributed by atoms with Crippen LogP contribution in [0.1, 0.15) is 20.8 Å². The summed E-state index contributed by atoms with van der Waals surface area (Å²) in [6.07, 6.45) is 1.32. The Balaban J connectivity index is 1.57. The minimum atomic E-state index is -0.424. The van der Waals surface area contributed by atoms with Gasteiger partial charge in [-0.05, 0) is 18.2 Å². The van der Waals surface area contributed by atoms with Gasteiger partial charge in [0.1, 0.15) is 17.8 Å². The first-order valence-electron chi connectivity index (χ1n) is 9.01. The second-order valence-corrected chi connectivity index (χ2v) is 6.20. The Morgan fingerprint density at radius 3 is 2.82 bits per heavy atom. The van der Waals surface area contributed by atoms with Crippen molar-refractivity contribution >= 4 is 23.4 Å². The smallest absolute Gasteiger partial charge is 0.337 e. The van der Waals surface area contributed by atoms with E-state index in [1.54, 1.807) is 30.3 Å². The summed E-state index contributed by atoms with van der Waals surface area (Å²) >= 11 is 0. The predicted molar refractivity (Wildman–Crippen MR) is 103 cm³/mol. The molecule has 1 aromatic heterocycles. The Hall–Kier alpha value is -3.04. The molecule has 0 atom stereocenters. The molecule has 1 saturated heterocycles. The highest BCUT2D eigenvalue weighted by Crippen LogP contribution is 2.16. The first kappa shape index (κ1) is 19.7. The molecule has 0 bridgehead atoms. The van der Waals surface area contributed by atoms with Crippen LogP contribution in [0.3, 0.4) is 0 Å². The van der Waals surface area contributed by atoms with Crippen molar-refractivity contribution in [3.63, 3.8) is 0 Å². The molecule has 1 amide bonds. The average Bonchev–Trinajstić information content (AvgIpc) is 2.74. The van der Waals surface area contributed by atoms with E-state index in [1.165, 1.54) is 13.4 Å². The zero-order valence-electron chi connectivity index (χ0n) is 15.7. The van der Waals surface area contributed by atoms with E-state index in [9.17, 15) is 9.59 Å². The third-order valence-corrected chi connectivity index (χ3v) is 4.27. The molecule has 2 heterocycles. The standard InChI is InChI=1S/C19H23N5O4/c1-27-19(26)14-3-2-4-15(11-14)23-17-12-16(21-13-22-17)18(25)20-5-6-24-7-9-28-10-8-24/h2-4,11-13H,5-10H2,1H3,(H,20,25)(H,21,22,23). The van der Waals surface area contributed by atoms with Crippen LogP contribution in [0.2, 0.25) is 0 Å². The number of carbonyl (C=O) groups is 2. The molecule has 0 spiro atoms.